The van der Waals surface area contributed by atoms with Crippen molar-refractivity contribution >= 4 is 25.7 Å². The lowest BCUT2D eigenvalue weighted by molar-refractivity contribution is -0.360. The topological polar surface area (TPSA) is 374 Å². The minimum atomic E-state index is -5.68. The van der Waals surface area contributed by atoms with Crippen LogP contribution >= 0.6 is 7.82 Å². The number of carbonyl (C=O) groups excluding carboxylic acids is 3. The second-order valence-electron chi connectivity index (χ2n) is 26.0. The number of hydrogen-bond donors (Lipinski definition) is 11. The highest BCUT2D eigenvalue weighted by Crippen LogP contribution is 2.49. The van der Waals surface area contributed by atoms with Gasteiger partial charge in [-0.15, -0.1) is 0 Å². The molecule has 0 bridgehead atoms. The summed E-state index contributed by atoms with van der Waals surface area (Å²) in [6, 6.07) is 0. The van der Waals surface area contributed by atoms with E-state index in [1.54, 1.807) is 0 Å². The Kier molecular flexibility index (Phi) is 46.0. The van der Waals surface area contributed by atoms with Gasteiger partial charge in [0.25, 0.3) is 0 Å². The van der Waals surface area contributed by atoms with Gasteiger partial charge in [0.15, 0.2) is 18.7 Å². The van der Waals surface area contributed by atoms with Crippen molar-refractivity contribution < 1.29 is 117 Å². The van der Waals surface area contributed by atoms with Gasteiger partial charge in [-0.05, 0) is 19.3 Å². The molecule has 0 amide bonds. The predicted octanol–water partition coefficient (Wildman–Crippen LogP) is 8.62. The summed E-state index contributed by atoms with van der Waals surface area (Å²) in [5.41, 5.74) is 0. The molecular formula is C67H125O24P. The number of rotatable bonds is 55. The van der Waals surface area contributed by atoms with Crippen LogP contribution in [0, 0.1) is 0 Å². The minimum Gasteiger partial charge on any atom is -0.463 e. The molecule has 0 aromatic rings. The maximum absolute atomic E-state index is 14.3. The normalized spacial score (nSPS) is 28.6. The zero-order valence-corrected chi connectivity index (χ0v) is 57.0. The Morgan fingerprint density at radius 1 is 0.380 bits per heavy atom. The Morgan fingerprint density at radius 3 is 1.07 bits per heavy atom. The number of hydrogen-bond acceptors (Lipinski definition) is 23. The van der Waals surface area contributed by atoms with Gasteiger partial charge in [-0.2, -0.15) is 0 Å². The fourth-order valence-electron chi connectivity index (χ4n) is 12.0. The van der Waals surface area contributed by atoms with Crippen LogP contribution in [-0.2, 0) is 61.2 Å². The van der Waals surface area contributed by atoms with Gasteiger partial charge in [-0.3, -0.25) is 23.4 Å². The molecule has 92 heavy (non-hydrogen) atoms. The Balaban J connectivity index is 1.76. The molecule has 24 nitrogen and oxygen atoms in total. The lowest BCUT2D eigenvalue weighted by Gasteiger charge is -2.49. The molecule has 3 fully saturated rings. The maximum Gasteiger partial charge on any atom is 0.472 e. The number of ether oxygens (including phenoxy) is 7. The first-order valence-corrected chi connectivity index (χ1v) is 37.3. The molecule has 0 radical (unpaired) electrons. The van der Waals surface area contributed by atoms with E-state index in [0.29, 0.717) is 19.3 Å². The summed E-state index contributed by atoms with van der Waals surface area (Å²) in [6.07, 6.45) is 4.85. The summed E-state index contributed by atoms with van der Waals surface area (Å²) in [7, 11) is -5.68. The largest absolute Gasteiger partial charge is 0.472 e. The maximum atomic E-state index is 14.3. The van der Waals surface area contributed by atoms with Crippen LogP contribution in [0.1, 0.15) is 278 Å². The summed E-state index contributed by atoms with van der Waals surface area (Å²) >= 11 is 0. The molecule has 2 aliphatic heterocycles. The summed E-state index contributed by atoms with van der Waals surface area (Å²) in [5, 5.41) is 110. The van der Waals surface area contributed by atoms with Crippen molar-refractivity contribution in [2.45, 2.75) is 382 Å². The van der Waals surface area contributed by atoms with Crippen molar-refractivity contribution in [3.05, 3.63) is 0 Å². The number of esters is 3. The van der Waals surface area contributed by atoms with E-state index in [1.807, 2.05) is 0 Å². The van der Waals surface area contributed by atoms with Crippen molar-refractivity contribution in [1.82, 2.24) is 0 Å². The van der Waals surface area contributed by atoms with Crippen molar-refractivity contribution in [2.75, 3.05) is 26.4 Å². The average Bonchev–Trinajstić information content (AvgIpc) is 0.813. The summed E-state index contributed by atoms with van der Waals surface area (Å²) in [6.45, 7) is 3.42. The van der Waals surface area contributed by atoms with E-state index in [4.69, 9.17) is 42.2 Å². The third-order valence-corrected chi connectivity index (χ3v) is 18.9. The summed E-state index contributed by atoms with van der Waals surface area (Å²) < 4.78 is 64.8. The van der Waals surface area contributed by atoms with Crippen LogP contribution in [0.4, 0.5) is 0 Å². The number of phosphoric ester groups is 1. The van der Waals surface area contributed by atoms with Crippen molar-refractivity contribution in [3.8, 4) is 0 Å². The van der Waals surface area contributed by atoms with Gasteiger partial charge in [0.1, 0.15) is 98.7 Å². The molecule has 25 heteroatoms. The van der Waals surface area contributed by atoms with E-state index in [0.717, 1.165) is 89.9 Å². The number of aliphatic hydroxyl groups is 10. The van der Waals surface area contributed by atoms with E-state index in [-0.39, 0.29) is 19.3 Å². The SMILES string of the molecule is CCCCCCCCCCCCCCCC(=O)OCC(COP(=O)(O)OC1C(OC2OC(CO)C(O)C(O)C2O)C(O)C(O)C(O)C1OC1OC(COC(=O)CCCCCCCCCCCCCC)C(O)C(O)C1O)OC(=O)CCCCCCCCCCCCCC. The first kappa shape index (κ1) is 84.2. The predicted molar refractivity (Wildman–Crippen MR) is 342 cm³/mol. The van der Waals surface area contributed by atoms with Gasteiger partial charge >= 0.3 is 25.7 Å². The fraction of sp³-hybridized carbons (Fsp3) is 0.955. The molecule has 3 rings (SSSR count). The monoisotopic (exact) mass is 1340 g/mol. The minimum absolute atomic E-state index is 0.0330. The van der Waals surface area contributed by atoms with Crippen LogP contribution in [0.15, 0.2) is 0 Å². The van der Waals surface area contributed by atoms with E-state index in [9.17, 15) is 74.9 Å². The van der Waals surface area contributed by atoms with E-state index >= 15 is 0 Å². The number of aliphatic hydroxyl groups excluding tert-OH is 10. The highest BCUT2D eigenvalue weighted by molar-refractivity contribution is 7.47. The quantitative estimate of drug-likeness (QED) is 0.0117. The number of unbranched alkanes of at least 4 members (excludes halogenated alkanes) is 34. The third kappa shape index (κ3) is 34.0. The van der Waals surface area contributed by atoms with Crippen molar-refractivity contribution in [1.29, 1.82) is 0 Å². The van der Waals surface area contributed by atoms with Crippen LogP contribution in [0.2, 0.25) is 0 Å². The molecule has 2 heterocycles. The molecule has 1 saturated carbocycles. The van der Waals surface area contributed by atoms with Gasteiger partial charge in [-0.1, -0.05) is 239 Å². The Labute approximate surface area is 549 Å². The zero-order valence-electron chi connectivity index (χ0n) is 56.1. The molecular weight excluding hydrogens is 1220 g/mol. The van der Waals surface area contributed by atoms with E-state index in [1.165, 1.54) is 128 Å². The molecule has 1 aliphatic carbocycles. The Bertz CT molecular complexity index is 1920. The van der Waals surface area contributed by atoms with Crippen LogP contribution in [0.5, 0.6) is 0 Å². The van der Waals surface area contributed by atoms with Crippen LogP contribution in [-0.4, -0.2) is 204 Å². The molecule has 3 aliphatic rings. The van der Waals surface area contributed by atoms with Crippen LogP contribution < -0.4 is 0 Å². The van der Waals surface area contributed by atoms with Gasteiger partial charge in [-0.25, -0.2) is 4.57 Å². The summed E-state index contributed by atoms with van der Waals surface area (Å²) in [5.74, 6) is -1.98. The van der Waals surface area contributed by atoms with E-state index in [2.05, 4.69) is 20.8 Å². The van der Waals surface area contributed by atoms with Crippen molar-refractivity contribution in [3.63, 3.8) is 0 Å². The molecule has 0 spiro atoms. The Morgan fingerprint density at radius 2 is 0.696 bits per heavy atom. The van der Waals surface area contributed by atoms with Crippen LogP contribution in [0.25, 0.3) is 0 Å². The van der Waals surface area contributed by atoms with Gasteiger partial charge in [0.05, 0.1) is 13.2 Å². The number of phosphoric acid groups is 1. The second kappa shape index (κ2) is 50.3. The first-order chi connectivity index (χ1) is 44.3. The molecule has 0 aromatic heterocycles. The standard InChI is InChI=1S/C67H125O24P/c1-4-7-10-13-16-19-22-25-28-30-32-35-38-41-51(69)83-45-48(86-53(71)43-40-37-34-31-27-24-21-18-15-12-9-6-3)46-85-92(81,82)91-65-63(89-66-61(79)56(74)54(72)49(44-68)87-66)59(77)58(76)60(78)64(65)90-67-62(80)57(75)55(73)50(88-67)47-84-52(70)42-39-36-33-29-26-23-20-17-14-11-8-5-2/h48-50,54-68,72-80H,4-47H2,1-3H3,(H,81,82). The second-order valence-corrected chi connectivity index (χ2v) is 27.4. The number of carbonyl (C=O) groups is 3. The molecule has 11 N–H and O–H groups in total. The molecule has 2 saturated heterocycles. The smallest absolute Gasteiger partial charge is 0.463 e. The highest BCUT2D eigenvalue weighted by atomic mass is 31.2. The zero-order chi connectivity index (χ0) is 67.5. The Hall–Kier alpha value is -2.04. The molecule has 0 aromatic carbocycles. The third-order valence-electron chi connectivity index (χ3n) is 17.9. The fourth-order valence-corrected chi connectivity index (χ4v) is 13.0. The van der Waals surface area contributed by atoms with Gasteiger partial charge < -0.3 is 89.1 Å². The van der Waals surface area contributed by atoms with E-state index < -0.39 is 156 Å². The molecule has 542 valence electrons. The van der Waals surface area contributed by atoms with Gasteiger partial charge in [0, 0.05) is 19.3 Å². The first-order valence-electron chi connectivity index (χ1n) is 35.8. The average molecular weight is 1350 g/mol. The molecule has 18 atom stereocenters. The molecule has 18 unspecified atom stereocenters. The van der Waals surface area contributed by atoms with Crippen LogP contribution in [0.3, 0.4) is 0 Å². The summed E-state index contributed by atoms with van der Waals surface area (Å²) in [4.78, 5) is 50.8. The highest BCUT2D eigenvalue weighted by Gasteiger charge is 2.58. The lowest BCUT2D eigenvalue weighted by Crippen LogP contribution is -2.69. The van der Waals surface area contributed by atoms with Crippen molar-refractivity contribution in [2.24, 2.45) is 0 Å². The van der Waals surface area contributed by atoms with Gasteiger partial charge in [0.2, 0.25) is 0 Å². The lowest BCUT2D eigenvalue weighted by atomic mass is 9.84.